The Bertz CT molecular complexity index is 638. The Morgan fingerprint density at radius 2 is 1.76 bits per heavy atom. The van der Waals surface area contributed by atoms with Crippen LogP contribution < -0.4 is 27.0 Å². The van der Waals surface area contributed by atoms with Gasteiger partial charge in [0.25, 0.3) is 0 Å². The van der Waals surface area contributed by atoms with Crippen molar-refractivity contribution in [3.05, 3.63) is 0 Å². The number of thiol groups is 1. The molecular formula is C17H29N5O6S. The molecule has 0 saturated carbocycles. The number of nitrogens with one attached hydrogen (secondary N) is 4. The van der Waals surface area contributed by atoms with E-state index in [0.717, 1.165) is 6.42 Å². The number of rotatable bonds is 11. The molecule has 1 fully saturated rings. The third-order valence-corrected chi connectivity index (χ3v) is 4.82. The molecule has 11 nitrogen and oxygen atoms in total. The van der Waals surface area contributed by atoms with Crippen LogP contribution in [0.2, 0.25) is 0 Å². The van der Waals surface area contributed by atoms with Crippen molar-refractivity contribution in [3.63, 3.8) is 0 Å². The maximum atomic E-state index is 12.7. The molecule has 4 amide bonds. The molecule has 0 aromatic rings. The SMILES string of the molecule is CC(C)C(NC(=O)C(CC(N)=O)NC(=O)C1CCCN1)C(=O)NC(CS)C(=O)O. The molecule has 12 heteroatoms. The normalized spacial score (nSPS) is 19.1. The van der Waals surface area contributed by atoms with Gasteiger partial charge in [0.1, 0.15) is 18.1 Å². The standard InChI is InChI=1S/C17H29N5O6S/c1-8(2)13(16(26)21-11(7-29)17(27)28)22-15(25)10(6-12(18)23)20-14(24)9-4-3-5-19-9/h8-11,13,19,29H,3-7H2,1-2H3,(H2,18,23)(H,20,24)(H,21,26)(H,22,25)(H,27,28). The molecule has 1 saturated heterocycles. The lowest BCUT2D eigenvalue weighted by atomic mass is 10.0. The minimum atomic E-state index is -1.26. The molecule has 0 radical (unpaired) electrons. The number of carboxylic acids is 1. The Hall–Kier alpha value is -2.34. The first-order valence-corrected chi connectivity index (χ1v) is 9.96. The summed E-state index contributed by atoms with van der Waals surface area (Å²) >= 11 is 3.88. The molecule has 7 N–H and O–H groups in total. The molecule has 0 bridgehead atoms. The number of hydrogen-bond acceptors (Lipinski definition) is 7. The highest BCUT2D eigenvalue weighted by Gasteiger charge is 2.33. The molecule has 1 aliphatic heterocycles. The van der Waals surface area contributed by atoms with Crippen molar-refractivity contribution in [1.82, 2.24) is 21.3 Å². The summed E-state index contributed by atoms with van der Waals surface area (Å²) < 4.78 is 0. The second-order valence-corrected chi connectivity index (χ2v) is 7.56. The zero-order valence-corrected chi connectivity index (χ0v) is 17.3. The van der Waals surface area contributed by atoms with Gasteiger partial charge in [-0.05, 0) is 25.3 Å². The van der Waals surface area contributed by atoms with Crippen LogP contribution in [0.4, 0.5) is 0 Å². The van der Waals surface area contributed by atoms with Crippen LogP contribution in [0.3, 0.4) is 0 Å². The zero-order chi connectivity index (χ0) is 22.1. The second-order valence-electron chi connectivity index (χ2n) is 7.19. The summed E-state index contributed by atoms with van der Waals surface area (Å²) in [6.45, 7) is 3.99. The van der Waals surface area contributed by atoms with Crippen LogP contribution in [0.5, 0.6) is 0 Å². The van der Waals surface area contributed by atoms with Gasteiger partial charge in [-0.3, -0.25) is 19.2 Å². The fraction of sp³-hybridized carbons (Fsp3) is 0.706. The first-order chi connectivity index (χ1) is 13.6. The van der Waals surface area contributed by atoms with Crippen molar-refractivity contribution >= 4 is 42.2 Å². The summed E-state index contributed by atoms with van der Waals surface area (Å²) in [6, 6.07) is -4.02. The van der Waals surface area contributed by atoms with Crippen LogP contribution in [0.25, 0.3) is 0 Å². The van der Waals surface area contributed by atoms with Gasteiger partial charge >= 0.3 is 5.97 Å². The molecule has 0 aromatic carbocycles. The summed E-state index contributed by atoms with van der Waals surface area (Å²) in [6.07, 6.45) is 0.982. The number of aliphatic carboxylic acids is 1. The Labute approximate surface area is 174 Å². The van der Waals surface area contributed by atoms with E-state index in [1.54, 1.807) is 13.8 Å². The van der Waals surface area contributed by atoms with Crippen LogP contribution in [0.15, 0.2) is 0 Å². The smallest absolute Gasteiger partial charge is 0.327 e. The van der Waals surface area contributed by atoms with E-state index in [9.17, 15) is 24.0 Å². The van der Waals surface area contributed by atoms with E-state index in [4.69, 9.17) is 10.8 Å². The monoisotopic (exact) mass is 431 g/mol. The topological polar surface area (TPSA) is 180 Å². The molecular weight excluding hydrogens is 402 g/mol. The number of carbonyl (C=O) groups is 5. The van der Waals surface area contributed by atoms with Crippen LogP contribution in [-0.2, 0) is 24.0 Å². The maximum absolute atomic E-state index is 12.7. The molecule has 0 aromatic heterocycles. The summed E-state index contributed by atoms with van der Waals surface area (Å²) in [4.78, 5) is 59.9. The van der Waals surface area contributed by atoms with E-state index in [0.29, 0.717) is 13.0 Å². The van der Waals surface area contributed by atoms with Crippen molar-refractivity contribution in [2.75, 3.05) is 12.3 Å². The number of carboxylic acid groups (broad SMARTS) is 1. The van der Waals surface area contributed by atoms with Gasteiger partial charge in [0, 0.05) is 5.75 Å². The minimum Gasteiger partial charge on any atom is -0.480 e. The quantitative estimate of drug-likeness (QED) is 0.180. The van der Waals surface area contributed by atoms with E-state index in [1.165, 1.54) is 0 Å². The van der Waals surface area contributed by atoms with Crippen LogP contribution in [-0.4, -0.2) is 71.2 Å². The van der Waals surface area contributed by atoms with Crippen LogP contribution in [0, 0.1) is 5.92 Å². The molecule has 4 atom stereocenters. The van der Waals surface area contributed by atoms with Gasteiger partial charge in [-0.2, -0.15) is 12.6 Å². The highest BCUT2D eigenvalue weighted by molar-refractivity contribution is 7.80. The number of hydrogen-bond donors (Lipinski definition) is 7. The van der Waals surface area contributed by atoms with Crippen LogP contribution in [0.1, 0.15) is 33.1 Å². The Balaban J connectivity index is 2.86. The van der Waals surface area contributed by atoms with Gasteiger partial charge in [-0.1, -0.05) is 13.8 Å². The van der Waals surface area contributed by atoms with Gasteiger partial charge in [-0.15, -0.1) is 0 Å². The molecule has 1 rings (SSSR count). The number of amides is 4. The van der Waals surface area contributed by atoms with Crippen molar-refractivity contribution in [2.45, 2.75) is 57.3 Å². The lowest BCUT2D eigenvalue weighted by Crippen LogP contribution is -2.59. The Kier molecular flexibility index (Phi) is 9.89. The zero-order valence-electron chi connectivity index (χ0n) is 16.4. The van der Waals surface area contributed by atoms with Crippen LogP contribution >= 0.6 is 12.6 Å². The number of carbonyl (C=O) groups excluding carboxylic acids is 4. The second kappa shape index (κ2) is 11.6. The van der Waals surface area contributed by atoms with E-state index in [-0.39, 0.29) is 5.75 Å². The van der Waals surface area contributed by atoms with E-state index in [1.807, 2.05) is 0 Å². The molecule has 0 spiro atoms. The molecule has 4 unspecified atom stereocenters. The van der Waals surface area contributed by atoms with Gasteiger partial charge in [-0.25, -0.2) is 4.79 Å². The average Bonchev–Trinajstić information content (AvgIpc) is 3.17. The number of nitrogens with two attached hydrogens (primary N) is 1. The summed E-state index contributed by atoms with van der Waals surface area (Å²) in [5.41, 5.74) is 5.19. The Morgan fingerprint density at radius 1 is 1.10 bits per heavy atom. The largest absolute Gasteiger partial charge is 0.480 e. The van der Waals surface area contributed by atoms with Gasteiger partial charge in [0.05, 0.1) is 12.5 Å². The van der Waals surface area contributed by atoms with Gasteiger partial charge in [0.2, 0.25) is 23.6 Å². The Morgan fingerprint density at radius 3 is 2.21 bits per heavy atom. The van der Waals surface area contributed by atoms with Gasteiger partial charge < -0.3 is 32.1 Å². The summed E-state index contributed by atoms with van der Waals surface area (Å²) in [7, 11) is 0. The third kappa shape index (κ3) is 7.89. The first-order valence-electron chi connectivity index (χ1n) is 9.33. The lowest BCUT2D eigenvalue weighted by Gasteiger charge is -2.26. The first kappa shape index (κ1) is 24.7. The van der Waals surface area contributed by atoms with Crippen molar-refractivity contribution in [2.24, 2.45) is 11.7 Å². The predicted octanol–water partition coefficient (Wildman–Crippen LogP) is -2.26. The number of primary amides is 1. The fourth-order valence-corrected chi connectivity index (χ4v) is 3.07. The highest BCUT2D eigenvalue weighted by atomic mass is 32.1. The molecule has 1 heterocycles. The molecule has 0 aliphatic carbocycles. The third-order valence-electron chi connectivity index (χ3n) is 4.46. The molecule has 29 heavy (non-hydrogen) atoms. The van der Waals surface area contributed by atoms with Crippen molar-refractivity contribution < 1.29 is 29.1 Å². The predicted molar refractivity (Wildman–Crippen MR) is 107 cm³/mol. The van der Waals surface area contributed by atoms with E-state index < -0.39 is 66.1 Å². The van der Waals surface area contributed by atoms with E-state index in [2.05, 4.69) is 33.9 Å². The van der Waals surface area contributed by atoms with Crippen molar-refractivity contribution in [3.8, 4) is 0 Å². The molecule has 1 aliphatic rings. The average molecular weight is 432 g/mol. The van der Waals surface area contributed by atoms with Crippen molar-refractivity contribution in [1.29, 1.82) is 0 Å². The minimum absolute atomic E-state index is 0.130. The van der Waals surface area contributed by atoms with Gasteiger partial charge in [0.15, 0.2) is 0 Å². The summed E-state index contributed by atoms with van der Waals surface area (Å²) in [5, 5.41) is 19.3. The highest BCUT2D eigenvalue weighted by Crippen LogP contribution is 2.07. The van der Waals surface area contributed by atoms with E-state index >= 15 is 0 Å². The summed E-state index contributed by atoms with van der Waals surface area (Å²) in [5.74, 6) is -4.49. The lowest BCUT2D eigenvalue weighted by molar-refractivity contribution is -0.142. The molecule has 164 valence electrons. The maximum Gasteiger partial charge on any atom is 0.327 e. The fourth-order valence-electron chi connectivity index (χ4n) is 2.83.